The highest BCUT2D eigenvalue weighted by Crippen LogP contribution is 2.17. The molecule has 0 amide bonds. The lowest BCUT2D eigenvalue weighted by Gasteiger charge is -2.36. The van der Waals surface area contributed by atoms with E-state index in [0.29, 0.717) is 5.13 Å². The molecule has 0 radical (unpaired) electrons. The van der Waals surface area contributed by atoms with Gasteiger partial charge in [-0.25, -0.2) is 4.39 Å². The molecule has 5 nitrogen and oxygen atoms in total. The first-order valence-electron chi connectivity index (χ1n) is 7.01. The predicted octanol–water partition coefficient (Wildman–Crippen LogP) is 1.62. The zero-order valence-corrected chi connectivity index (χ0v) is 12.5. The highest BCUT2D eigenvalue weighted by Gasteiger charge is 2.17. The van der Waals surface area contributed by atoms with Crippen LogP contribution >= 0.6 is 11.3 Å². The molecule has 2 N–H and O–H groups in total. The maximum atomic E-state index is 12.9. The average molecular weight is 307 g/mol. The maximum Gasteiger partial charge on any atom is 0.203 e. The lowest BCUT2D eigenvalue weighted by Crippen LogP contribution is -2.47. The molecule has 1 aliphatic rings. The van der Waals surface area contributed by atoms with E-state index >= 15 is 0 Å². The second-order valence-corrected chi connectivity index (χ2v) is 6.18. The molecule has 0 spiro atoms. The van der Waals surface area contributed by atoms with Crippen LogP contribution in [-0.2, 0) is 6.42 Å². The van der Waals surface area contributed by atoms with Crippen LogP contribution in [0.25, 0.3) is 0 Å². The molecule has 0 bridgehead atoms. The fraction of sp³-hybridized carbons (Fsp3) is 0.429. The Bertz CT molecular complexity index is 577. The number of hydrogen-bond acceptors (Lipinski definition) is 6. The number of rotatable bonds is 4. The Hall–Kier alpha value is -1.73. The second-order valence-electron chi connectivity index (χ2n) is 5.09. The van der Waals surface area contributed by atoms with Crippen LogP contribution in [0.2, 0.25) is 0 Å². The van der Waals surface area contributed by atoms with E-state index in [2.05, 4.69) is 20.0 Å². The first-order valence-corrected chi connectivity index (χ1v) is 7.83. The third-order valence-corrected chi connectivity index (χ3v) is 4.50. The monoisotopic (exact) mass is 307 g/mol. The molecular weight excluding hydrogens is 289 g/mol. The van der Waals surface area contributed by atoms with Crippen molar-refractivity contribution in [2.45, 2.75) is 6.42 Å². The molecule has 1 aromatic heterocycles. The van der Waals surface area contributed by atoms with Crippen LogP contribution in [-0.4, -0.2) is 47.8 Å². The Morgan fingerprint density at radius 3 is 2.43 bits per heavy atom. The number of piperazine rings is 1. The van der Waals surface area contributed by atoms with Gasteiger partial charge in [-0.05, 0) is 24.3 Å². The highest BCUT2D eigenvalue weighted by molar-refractivity contribution is 7.15. The van der Waals surface area contributed by atoms with Crippen molar-refractivity contribution >= 4 is 22.2 Å². The summed E-state index contributed by atoms with van der Waals surface area (Å²) in [5, 5.41) is 9.40. The molecule has 2 heterocycles. The van der Waals surface area contributed by atoms with E-state index in [9.17, 15) is 4.39 Å². The van der Waals surface area contributed by atoms with Crippen molar-refractivity contribution in [3.05, 3.63) is 35.1 Å². The van der Waals surface area contributed by atoms with Gasteiger partial charge in [-0.1, -0.05) is 11.3 Å². The molecule has 2 aromatic rings. The number of halogens is 1. The zero-order chi connectivity index (χ0) is 14.7. The van der Waals surface area contributed by atoms with Gasteiger partial charge >= 0.3 is 0 Å². The zero-order valence-electron chi connectivity index (χ0n) is 11.7. The fourth-order valence-electron chi connectivity index (χ4n) is 2.50. The molecule has 1 aromatic carbocycles. The van der Waals surface area contributed by atoms with Gasteiger partial charge in [0.15, 0.2) is 0 Å². The van der Waals surface area contributed by atoms with Crippen LogP contribution in [0.3, 0.4) is 0 Å². The largest absolute Gasteiger partial charge is 0.374 e. The summed E-state index contributed by atoms with van der Waals surface area (Å²) in [7, 11) is 0. The van der Waals surface area contributed by atoms with Crippen molar-refractivity contribution in [3.8, 4) is 0 Å². The van der Waals surface area contributed by atoms with Crippen molar-refractivity contribution in [1.29, 1.82) is 0 Å². The van der Waals surface area contributed by atoms with Gasteiger partial charge in [0.2, 0.25) is 5.13 Å². The van der Waals surface area contributed by atoms with Crippen molar-refractivity contribution in [3.63, 3.8) is 0 Å². The van der Waals surface area contributed by atoms with Crippen LogP contribution in [0.5, 0.6) is 0 Å². The Morgan fingerprint density at radius 1 is 1.10 bits per heavy atom. The number of hydrogen-bond donors (Lipinski definition) is 1. The Balaban J connectivity index is 1.47. The summed E-state index contributed by atoms with van der Waals surface area (Å²) in [4.78, 5) is 4.70. The summed E-state index contributed by atoms with van der Waals surface area (Å²) in [5.74, 6) is -0.186. The molecule has 1 fully saturated rings. The van der Waals surface area contributed by atoms with E-state index in [1.165, 1.54) is 23.5 Å². The van der Waals surface area contributed by atoms with Crippen LogP contribution in [0, 0.1) is 5.82 Å². The third-order valence-electron chi connectivity index (χ3n) is 3.69. The normalized spacial score (nSPS) is 16.3. The van der Waals surface area contributed by atoms with Gasteiger partial charge in [0.1, 0.15) is 10.8 Å². The van der Waals surface area contributed by atoms with Gasteiger partial charge in [0, 0.05) is 44.8 Å². The van der Waals surface area contributed by atoms with Gasteiger partial charge in [-0.2, -0.15) is 0 Å². The molecule has 0 aliphatic carbocycles. The maximum absolute atomic E-state index is 12.9. The summed E-state index contributed by atoms with van der Waals surface area (Å²) in [6, 6.07) is 6.72. The van der Waals surface area contributed by atoms with Gasteiger partial charge < -0.3 is 10.6 Å². The Labute approximate surface area is 127 Å². The molecule has 112 valence electrons. The predicted molar refractivity (Wildman–Crippen MR) is 83.1 cm³/mol. The molecule has 0 unspecified atom stereocenters. The number of anilines is 2. The highest BCUT2D eigenvalue weighted by atomic mass is 32.1. The third kappa shape index (κ3) is 3.68. The van der Waals surface area contributed by atoms with Crippen LogP contribution in [0.4, 0.5) is 15.2 Å². The molecule has 0 atom stereocenters. The minimum absolute atomic E-state index is 0.186. The summed E-state index contributed by atoms with van der Waals surface area (Å²) < 4.78 is 12.9. The number of aromatic nitrogens is 2. The topological polar surface area (TPSA) is 58.3 Å². The van der Waals surface area contributed by atoms with E-state index in [0.717, 1.165) is 49.8 Å². The Kier molecular flexibility index (Phi) is 4.31. The fourth-order valence-corrected chi connectivity index (χ4v) is 3.10. The van der Waals surface area contributed by atoms with Crippen LogP contribution < -0.4 is 10.6 Å². The van der Waals surface area contributed by atoms with Crippen molar-refractivity contribution in [1.82, 2.24) is 15.1 Å². The average Bonchev–Trinajstić information content (AvgIpc) is 2.92. The summed E-state index contributed by atoms with van der Waals surface area (Å²) in [6.45, 7) is 4.91. The molecule has 0 saturated carbocycles. The number of nitrogen functional groups attached to an aromatic ring is 1. The molecule has 3 rings (SSSR count). The van der Waals surface area contributed by atoms with Crippen molar-refractivity contribution in [2.24, 2.45) is 0 Å². The summed E-state index contributed by atoms with van der Waals surface area (Å²) in [5.41, 5.74) is 6.67. The van der Waals surface area contributed by atoms with E-state index in [1.807, 2.05) is 12.1 Å². The SMILES string of the molecule is Nc1nnc(CCN2CCN(c3ccc(F)cc3)CC2)s1. The van der Waals surface area contributed by atoms with Gasteiger partial charge in [0.05, 0.1) is 0 Å². The molecule has 21 heavy (non-hydrogen) atoms. The number of nitrogens with zero attached hydrogens (tertiary/aromatic N) is 4. The van der Waals surface area contributed by atoms with Crippen LogP contribution in [0.1, 0.15) is 5.01 Å². The molecule has 7 heteroatoms. The number of nitrogens with two attached hydrogens (primary N) is 1. The van der Waals surface area contributed by atoms with Gasteiger partial charge in [-0.3, -0.25) is 4.90 Å². The van der Waals surface area contributed by atoms with Gasteiger partial charge in [0.25, 0.3) is 0 Å². The minimum atomic E-state index is -0.186. The summed E-state index contributed by atoms with van der Waals surface area (Å²) in [6.07, 6.45) is 0.894. The van der Waals surface area contributed by atoms with Crippen LogP contribution in [0.15, 0.2) is 24.3 Å². The summed E-state index contributed by atoms with van der Waals surface area (Å²) >= 11 is 1.46. The van der Waals surface area contributed by atoms with Gasteiger partial charge in [-0.15, -0.1) is 10.2 Å². The minimum Gasteiger partial charge on any atom is -0.374 e. The second kappa shape index (κ2) is 6.36. The molecule has 1 saturated heterocycles. The lowest BCUT2D eigenvalue weighted by atomic mass is 10.2. The van der Waals surface area contributed by atoms with Crippen molar-refractivity contribution in [2.75, 3.05) is 43.4 Å². The quantitative estimate of drug-likeness (QED) is 0.930. The molecular formula is C14H18FN5S. The molecule has 1 aliphatic heterocycles. The first kappa shape index (κ1) is 14.2. The first-order chi connectivity index (χ1) is 10.2. The van der Waals surface area contributed by atoms with E-state index in [-0.39, 0.29) is 5.82 Å². The van der Waals surface area contributed by atoms with E-state index in [4.69, 9.17) is 5.73 Å². The Morgan fingerprint density at radius 2 is 1.81 bits per heavy atom. The number of benzene rings is 1. The smallest absolute Gasteiger partial charge is 0.203 e. The van der Waals surface area contributed by atoms with E-state index in [1.54, 1.807) is 0 Å². The van der Waals surface area contributed by atoms with Crippen molar-refractivity contribution < 1.29 is 4.39 Å². The lowest BCUT2D eigenvalue weighted by molar-refractivity contribution is 0.261. The van der Waals surface area contributed by atoms with E-state index < -0.39 is 0 Å². The standard InChI is InChI=1S/C14H18FN5S/c15-11-1-3-12(4-2-11)20-9-7-19(8-10-20)6-5-13-17-18-14(16)21-13/h1-4H,5-10H2,(H2,16,18).